The van der Waals surface area contributed by atoms with Crippen LogP contribution in [0.4, 0.5) is 0 Å². The lowest BCUT2D eigenvalue weighted by molar-refractivity contribution is 0.723. The summed E-state index contributed by atoms with van der Waals surface area (Å²) in [6.07, 6.45) is 9.37. The van der Waals surface area contributed by atoms with Gasteiger partial charge in [-0.05, 0) is 30.5 Å². The third-order valence-electron chi connectivity index (χ3n) is 2.47. The van der Waals surface area contributed by atoms with Crippen LogP contribution in [0.3, 0.4) is 0 Å². The van der Waals surface area contributed by atoms with Crippen molar-refractivity contribution in [1.82, 2.24) is 14.5 Å². The molecule has 0 radical (unpaired) electrons. The van der Waals surface area contributed by atoms with E-state index in [9.17, 15) is 0 Å². The van der Waals surface area contributed by atoms with Gasteiger partial charge in [-0.1, -0.05) is 0 Å². The van der Waals surface area contributed by atoms with E-state index >= 15 is 0 Å². The highest BCUT2D eigenvalue weighted by molar-refractivity contribution is 6.17. The number of pyridine rings is 1. The fourth-order valence-corrected chi connectivity index (χ4v) is 1.77. The highest BCUT2D eigenvalue weighted by Crippen LogP contribution is 2.07. The zero-order valence-corrected chi connectivity index (χ0v) is 9.77. The molecule has 0 aliphatic carbocycles. The first-order valence-corrected chi connectivity index (χ1v) is 5.87. The van der Waals surface area contributed by atoms with Crippen LogP contribution in [0.5, 0.6) is 0 Å². The quantitative estimate of drug-likeness (QED) is 0.746. The molecule has 4 heteroatoms. The molecule has 0 aliphatic heterocycles. The average molecular weight is 236 g/mol. The molecule has 0 N–H and O–H groups in total. The molecule has 2 rings (SSSR count). The Morgan fingerprint density at radius 2 is 2.00 bits per heavy atom. The molecule has 0 fully saturated rings. The molecule has 0 saturated carbocycles. The molecule has 0 saturated heterocycles. The van der Waals surface area contributed by atoms with Crippen molar-refractivity contribution in [3.05, 3.63) is 48.3 Å². The van der Waals surface area contributed by atoms with Crippen LogP contribution in [0.2, 0.25) is 0 Å². The van der Waals surface area contributed by atoms with Crippen molar-refractivity contribution in [3.8, 4) is 0 Å². The molecule has 2 aromatic heterocycles. The number of nitrogens with zero attached hydrogens (tertiary/aromatic N) is 3. The first-order valence-electron chi connectivity index (χ1n) is 5.34. The molecule has 0 amide bonds. The topological polar surface area (TPSA) is 30.7 Å². The summed E-state index contributed by atoms with van der Waals surface area (Å²) in [5.41, 5.74) is 2.47. The van der Waals surface area contributed by atoms with Crippen LogP contribution in [0, 0.1) is 0 Å². The van der Waals surface area contributed by atoms with Crippen molar-refractivity contribution in [2.24, 2.45) is 0 Å². The van der Waals surface area contributed by atoms with Gasteiger partial charge in [0.2, 0.25) is 0 Å². The van der Waals surface area contributed by atoms with Gasteiger partial charge in [0.15, 0.2) is 0 Å². The molecule has 0 spiro atoms. The molecule has 3 nitrogen and oxygen atoms in total. The second-order valence-corrected chi connectivity index (χ2v) is 4.04. The summed E-state index contributed by atoms with van der Waals surface area (Å²) in [4.78, 5) is 8.18. The van der Waals surface area contributed by atoms with E-state index in [4.69, 9.17) is 11.6 Å². The number of aromatic nitrogens is 3. The van der Waals surface area contributed by atoms with E-state index in [1.807, 2.05) is 37.1 Å². The number of imidazole rings is 1. The standard InChI is InChI=1S/C12H14ClN3/c13-5-1-2-12-8-15-10-16(12)9-11-3-6-14-7-4-11/h3-4,6-8,10H,1-2,5,9H2. The summed E-state index contributed by atoms with van der Waals surface area (Å²) < 4.78 is 2.15. The SMILES string of the molecule is ClCCCc1cncn1Cc1ccncc1. The Labute approximate surface area is 100 Å². The molecule has 0 aliphatic rings. The third kappa shape index (κ3) is 2.83. The van der Waals surface area contributed by atoms with Gasteiger partial charge < -0.3 is 4.57 Å². The fraction of sp³-hybridized carbons (Fsp3) is 0.333. The Kier molecular flexibility index (Phi) is 3.94. The lowest BCUT2D eigenvalue weighted by Gasteiger charge is -2.07. The molecule has 0 unspecified atom stereocenters. The molecule has 0 atom stereocenters. The van der Waals surface area contributed by atoms with Crippen LogP contribution in [0.15, 0.2) is 37.1 Å². The zero-order valence-electron chi connectivity index (χ0n) is 9.01. The molecule has 16 heavy (non-hydrogen) atoms. The van der Waals surface area contributed by atoms with Crippen molar-refractivity contribution >= 4 is 11.6 Å². The Balaban J connectivity index is 2.07. The largest absolute Gasteiger partial charge is 0.330 e. The van der Waals surface area contributed by atoms with Crippen molar-refractivity contribution < 1.29 is 0 Å². The van der Waals surface area contributed by atoms with Crippen molar-refractivity contribution in [2.75, 3.05) is 5.88 Å². The van der Waals surface area contributed by atoms with Crippen LogP contribution in [0.25, 0.3) is 0 Å². The highest BCUT2D eigenvalue weighted by atomic mass is 35.5. The summed E-state index contributed by atoms with van der Waals surface area (Å²) >= 11 is 5.69. The first kappa shape index (κ1) is 11.1. The number of hydrogen-bond acceptors (Lipinski definition) is 2. The lowest BCUT2D eigenvalue weighted by atomic mass is 10.2. The van der Waals surface area contributed by atoms with Crippen molar-refractivity contribution in [1.29, 1.82) is 0 Å². The monoisotopic (exact) mass is 235 g/mol. The minimum atomic E-state index is 0.695. The smallest absolute Gasteiger partial charge is 0.0951 e. The van der Waals surface area contributed by atoms with Crippen LogP contribution in [-0.4, -0.2) is 20.4 Å². The minimum Gasteiger partial charge on any atom is -0.330 e. The van der Waals surface area contributed by atoms with Gasteiger partial charge in [0.05, 0.1) is 6.33 Å². The lowest BCUT2D eigenvalue weighted by Crippen LogP contribution is -2.03. The summed E-state index contributed by atoms with van der Waals surface area (Å²) in [6.45, 7) is 0.847. The van der Waals surface area contributed by atoms with Crippen molar-refractivity contribution in [3.63, 3.8) is 0 Å². The average Bonchev–Trinajstić information content (AvgIpc) is 2.75. The van der Waals surface area contributed by atoms with Gasteiger partial charge in [-0.2, -0.15) is 0 Å². The number of aryl methyl sites for hydroxylation is 1. The molecule has 0 aromatic carbocycles. The maximum Gasteiger partial charge on any atom is 0.0951 e. The Morgan fingerprint density at radius 3 is 2.75 bits per heavy atom. The Bertz CT molecular complexity index is 425. The predicted octanol–water partition coefficient (Wildman–Crippen LogP) is 2.50. The van der Waals surface area contributed by atoms with E-state index in [1.54, 1.807) is 0 Å². The van der Waals surface area contributed by atoms with E-state index in [1.165, 1.54) is 11.3 Å². The second kappa shape index (κ2) is 5.66. The number of hydrogen-bond donors (Lipinski definition) is 0. The Hall–Kier alpha value is -1.35. The number of halogens is 1. The van der Waals surface area contributed by atoms with Crippen LogP contribution in [-0.2, 0) is 13.0 Å². The van der Waals surface area contributed by atoms with Gasteiger partial charge in [-0.3, -0.25) is 4.98 Å². The molecular formula is C12H14ClN3. The summed E-state index contributed by atoms with van der Waals surface area (Å²) in [7, 11) is 0. The van der Waals surface area contributed by atoms with E-state index in [2.05, 4.69) is 14.5 Å². The van der Waals surface area contributed by atoms with Gasteiger partial charge in [-0.25, -0.2) is 4.98 Å². The number of alkyl halides is 1. The van der Waals surface area contributed by atoms with Gasteiger partial charge in [0.1, 0.15) is 0 Å². The normalized spacial score (nSPS) is 10.6. The maximum absolute atomic E-state index is 5.69. The van der Waals surface area contributed by atoms with E-state index < -0.39 is 0 Å². The molecule has 84 valence electrons. The van der Waals surface area contributed by atoms with Gasteiger partial charge in [0.25, 0.3) is 0 Å². The van der Waals surface area contributed by atoms with Crippen molar-refractivity contribution in [2.45, 2.75) is 19.4 Å². The zero-order chi connectivity index (χ0) is 11.2. The summed E-state index contributed by atoms with van der Waals surface area (Å²) in [5, 5.41) is 0. The molecule has 2 aromatic rings. The molecule has 2 heterocycles. The third-order valence-corrected chi connectivity index (χ3v) is 2.73. The fourth-order valence-electron chi connectivity index (χ4n) is 1.63. The summed E-state index contributed by atoms with van der Waals surface area (Å²) in [6, 6.07) is 4.04. The van der Waals surface area contributed by atoms with Crippen LogP contribution >= 0.6 is 11.6 Å². The molecular weight excluding hydrogens is 222 g/mol. The van der Waals surface area contributed by atoms with Crippen LogP contribution in [0.1, 0.15) is 17.7 Å². The van der Waals surface area contributed by atoms with Crippen LogP contribution < -0.4 is 0 Å². The highest BCUT2D eigenvalue weighted by Gasteiger charge is 2.02. The van der Waals surface area contributed by atoms with Gasteiger partial charge >= 0.3 is 0 Å². The number of rotatable bonds is 5. The van der Waals surface area contributed by atoms with Gasteiger partial charge in [0, 0.05) is 36.7 Å². The minimum absolute atomic E-state index is 0.695. The molecule has 0 bridgehead atoms. The summed E-state index contributed by atoms with van der Waals surface area (Å²) in [5.74, 6) is 0.695. The van der Waals surface area contributed by atoms with E-state index in [0.717, 1.165) is 19.4 Å². The predicted molar refractivity (Wildman–Crippen MR) is 64.6 cm³/mol. The van der Waals surface area contributed by atoms with E-state index in [0.29, 0.717) is 5.88 Å². The first-order chi connectivity index (χ1) is 7.90. The maximum atomic E-state index is 5.69. The van der Waals surface area contributed by atoms with Gasteiger partial charge in [-0.15, -0.1) is 11.6 Å². The second-order valence-electron chi connectivity index (χ2n) is 3.66. The Morgan fingerprint density at radius 1 is 1.19 bits per heavy atom. The van der Waals surface area contributed by atoms with E-state index in [-0.39, 0.29) is 0 Å².